The summed E-state index contributed by atoms with van der Waals surface area (Å²) in [7, 11) is 1.65. The summed E-state index contributed by atoms with van der Waals surface area (Å²) in [5.41, 5.74) is 0.453. The van der Waals surface area contributed by atoms with E-state index in [0.717, 1.165) is 5.82 Å². The Bertz CT molecular complexity index is 376. The number of hydrogen-bond donors (Lipinski definition) is 1. The number of anilines is 1. The van der Waals surface area contributed by atoms with Crippen molar-refractivity contribution in [3.8, 4) is 5.88 Å². The molecule has 1 aliphatic carbocycles. The molecule has 0 aliphatic heterocycles. The SMILES string of the molecule is COc1cccc(NC2CCCC(C)(C)C2)n1. The lowest BCUT2D eigenvalue weighted by atomic mass is 9.75. The minimum atomic E-state index is 0.453. The molecule has 1 N–H and O–H groups in total. The van der Waals surface area contributed by atoms with Gasteiger partial charge in [-0.25, -0.2) is 0 Å². The zero-order chi connectivity index (χ0) is 12.3. The van der Waals surface area contributed by atoms with Crippen LogP contribution in [0.4, 0.5) is 5.82 Å². The molecule has 1 fully saturated rings. The zero-order valence-electron chi connectivity index (χ0n) is 11.0. The molecule has 0 saturated heterocycles. The van der Waals surface area contributed by atoms with Crippen LogP contribution in [0.15, 0.2) is 18.2 Å². The Hall–Kier alpha value is -1.25. The molecule has 1 saturated carbocycles. The lowest BCUT2D eigenvalue weighted by molar-refractivity contribution is 0.229. The van der Waals surface area contributed by atoms with Crippen LogP contribution in [0.2, 0.25) is 0 Å². The maximum atomic E-state index is 5.13. The summed E-state index contributed by atoms with van der Waals surface area (Å²) < 4.78 is 5.13. The first kappa shape index (κ1) is 12.2. The molecule has 1 unspecified atom stereocenters. The molecule has 1 aliphatic rings. The van der Waals surface area contributed by atoms with Crippen LogP contribution in [0, 0.1) is 5.41 Å². The van der Waals surface area contributed by atoms with E-state index in [1.54, 1.807) is 7.11 Å². The Morgan fingerprint density at radius 2 is 2.24 bits per heavy atom. The topological polar surface area (TPSA) is 34.1 Å². The average Bonchev–Trinajstić information content (AvgIpc) is 2.28. The van der Waals surface area contributed by atoms with E-state index in [-0.39, 0.29) is 0 Å². The first-order valence-electron chi connectivity index (χ1n) is 6.37. The quantitative estimate of drug-likeness (QED) is 0.869. The summed E-state index contributed by atoms with van der Waals surface area (Å²) in [5, 5.41) is 3.52. The number of ether oxygens (including phenoxy) is 1. The number of nitrogens with one attached hydrogen (secondary N) is 1. The smallest absolute Gasteiger partial charge is 0.214 e. The standard InChI is InChI=1S/C14H22N2O/c1-14(2)9-5-6-11(10-14)15-12-7-4-8-13(16-12)17-3/h4,7-8,11H,5-6,9-10H2,1-3H3,(H,15,16). The van der Waals surface area contributed by atoms with Gasteiger partial charge in [0, 0.05) is 12.1 Å². The van der Waals surface area contributed by atoms with Gasteiger partial charge in [-0.2, -0.15) is 4.98 Å². The molecule has 0 spiro atoms. The average molecular weight is 234 g/mol. The summed E-state index contributed by atoms with van der Waals surface area (Å²) in [6.07, 6.45) is 5.08. The van der Waals surface area contributed by atoms with E-state index in [1.807, 2.05) is 18.2 Å². The van der Waals surface area contributed by atoms with Crippen LogP contribution in [0.5, 0.6) is 5.88 Å². The second-order valence-corrected chi connectivity index (χ2v) is 5.67. The van der Waals surface area contributed by atoms with E-state index in [1.165, 1.54) is 25.7 Å². The van der Waals surface area contributed by atoms with E-state index in [2.05, 4.69) is 24.1 Å². The molecule has 1 heterocycles. The Morgan fingerprint density at radius 3 is 2.94 bits per heavy atom. The monoisotopic (exact) mass is 234 g/mol. The molecule has 0 aromatic carbocycles. The van der Waals surface area contributed by atoms with Gasteiger partial charge in [-0.05, 0) is 30.7 Å². The van der Waals surface area contributed by atoms with Gasteiger partial charge in [0.2, 0.25) is 5.88 Å². The molecule has 0 radical (unpaired) electrons. The van der Waals surface area contributed by atoms with E-state index in [9.17, 15) is 0 Å². The Kier molecular flexibility index (Phi) is 3.55. The van der Waals surface area contributed by atoms with Crippen molar-refractivity contribution in [1.29, 1.82) is 0 Å². The van der Waals surface area contributed by atoms with Gasteiger partial charge in [-0.15, -0.1) is 0 Å². The van der Waals surface area contributed by atoms with Crippen molar-refractivity contribution < 1.29 is 4.74 Å². The fourth-order valence-electron chi connectivity index (χ4n) is 2.64. The summed E-state index contributed by atoms with van der Waals surface area (Å²) in [6.45, 7) is 4.69. The fraction of sp³-hybridized carbons (Fsp3) is 0.643. The van der Waals surface area contributed by atoms with Crippen LogP contribution in [0.25, 0.3) is 0 Å². The third-order valence-corrected chi connectivity index (χ3v) is 3.49. The molecule has 1 aromatic rings. The van der Waals surface area contributed by atoms with Crippen LogP contribution < -0.4 is 10.1 Å². The zero-order valence-corrected chi connectivity index (χ0v) is 11.0. The van der Waals surface area contributed by atoms with Gasteiger partial charge in [-0.1, -0.05) is 26.3 Å². The lowest BCUT2D eigenvalue weighted by Gasteiger charge is -2.35. The number of pyridine rings is 1. The minimum Gasteiger partial charge on any atom is -0.481 e. The molecule has 3 nitrogen and oxygen atoms in total. The number of nitrogens with zero attached hydrogens (tertiary/aromatic N) is 1. The van der Waals surface area contributed by atoms with E-state index < -0.39 is 0 Å². The number of methoxy groups -OCH3 is 1. The number of rotatable bonds is 3. The molecule has 3 heteroatoms. The molecule has 1 atom stereocenters. The maximum absolute atomic E-state index is 5.13. The van der Waals surface area contributed by atoms with Crippen molar-refractivity contribution >= 4 is 5.82 Å². The van der Waals surface area contributed by atoms with Gasteiger partial charge < -0.3 is 10.1 Å². The Balaban J connectivity index is 2.00. The molecule has 0 amide bonds. The van der Waals surface area contributed by atoms with Gasteiger partial charge in [0.25, 0.3) is 0 Å². The van der Waals surface area contributed by atoms with E-state index in [4.69, 9.17) is 4.74 Å². The molecule has 0 bridgehead atoms. The molecule has 17 heavy (non-hydrogen) atoms. The largest absolute Gasteiger partial charge is 0.481 e. The lowest BCUT2D eigenvalue weighted by Crippen LogP contribution is -2.32. The predicted molar refractivity (Wildman–Crippen MR) is 70.4 cm³/mol. The van der Waals surface area contributed by atoms with Crippen molar-refractivity contribution in [2.24, 2.45) is 5.41 Å². The van der Waals surface area contributed by atoms with E-state index in [0.29, 0.717) is 17.3 Å². The molecule has 94 valence electrons. The molecule has 1 aromatic heterocycles. The highest BCUT2D eigenvalue weighted by Crippen LogP contribution is 2.36. The summed E-state index contributed by atoms with van der Waals surface area (Å²) in [5.74, 6) is 1.59. The van der Waals surface area contributed by atoms with Gasteiger partial charge in [-0.3, -0.25) is 0 Å². The van der Waals surface area contributed by atoms with Crippen LogP contribution in [-0.4, -0.2) is 18.1 Å². The summed E-state index contributed by atoms with van der Waals surface area (Å²) in [6, 6.07) is 6.39. The molecular weight excluding hydrogens is 212 g/mol. The minimum absolute atomic E-state index is 0.453. The normalized spacial score (nSPS) is 23.1. The fourth-order valence-corrected chi connectivity index (χ4v) is 2.64. The van der Waals surface area contributed by atoms with Crippen molar-refractivity contribution in [1.82, 2.24) is 4.98 Å². The van der Waals surface area contributed by atoms with Crippen LogP contribution in [0.1, 0.15) is 39.5 Å². The Morgan fingerprint density at radius 1 is 1.41 bits per heavy atom. The third-order valence-electron chi connectivity index (χ3n) is 3.49. The highest BCUT2D eigenvalue weighted by atomic mass is 16.5. The third kappa shape index (κ3) is 3.35. The second-order valence-electron chi connectivity index (χ2n) is 5.67. The van der Waals surface area contributed by atoms with Gasteiger partial charge in [0.05, 0.1) is 7.11 Å². The van der Waals surface area contributed by atoms with Crippen molar-refractivity contribution in [3.05, 3.63) is 18.2 Å². The van der Waals surface area contributed by atoms with Crippen LogP contribution in [0.3, 0.4) is 0 Å². The Labute approximate surface area is 104 Å². The molecule has 2 rings (SSSR count). The van der Waals surface area contributed by atoms with Gasteiger partial charge in [0.1, 0.15) is 5.82 Å². The summed E-state index contributed by atoms with van der Waals surface area (Å²) >= 11 is 0. The maximum Gasteiger partial charge on any atom is 0.214 e. The first-order valence-corrected chi connectivity index (χ1v) is 6.37. The highest BCUT2D eigenvalue weighted by molar-refractivity contribution is 5.38. The second kappa shape index (κ2) is 4.94. The van der Waals surface area contributed by atoms with Gasteiger partial charge in [0.15, 0.2) is 0 Å². The summed E-state index contributed by atoms with van der Waals surface area (Å²) in [4.78, 5) is 4.40. The van der Waals surface area contributed by atoms with Crippen LogP contribution in [-0.2, 0) is 0 Å². The van der Waals surface area contributed by atoms with Crippen molar-refractivity contribution in [3.63, 3.8) is 0 Å². The van der Waals surface area contributed by atoms with Crippen molar-refractivity contribution in [2.75, 3.05) is 12.4 Å². The van der Waals surface area contributed by atoms with Crippen LogP contribution >= 0.6 is 0 Å². The predicted octanol–water partition coefficient (Wildman–Crippen LogP) is 3.47. The highest BCUT2D eigenvalue weighted by Gasteiger charge is 2.27. The number of hydrogen-bond acceptors (Lipinski definition) is 3. The first-order chi connectivity index (χ1) is 8.09. The number of aromatic nitrogens is 1. The van der Waals surface area contributed by atoms with Crippen molar-refractivity contribution in [2.45, 2.75) is 45.6 Å². The molecular formula is C14H22N2O. The van der Waals surface area contributed by atoms with E-state index >= 15 is 0 Å². The van der Waals surface area contributed by atoms with Gasteiger partial charge >= 0.3 is 0 Å².